The zero-order valence-electron chi connectivity index (χ0n) is 13.9. The van der Waals surface area contributed by atoms with Gasteiger partial charge < -0.3 is 15.1 Å². The summed E-state index contributed by atoms with van der Waals surface area (Å²) in [7, 11) is 0. The maximum absolute atomic E-state index is 12.7. The van der Waals surface area contributed by atoms with Gasteiger partial charge in [-0.15, -0.1) is 0 Å². The van der Waals surface area contributed by atoms with Crippen LogP contribution in [0.4, 0.5) is 5.69 Å². The van der Waals surface area contributed by atoms with Crippen molar-refractivity contribution in [1.82, 2.24) is 5.32 Å². The Labute approximate surface area is 169 Å². The van der Waals surface area contributed by atoms with Crippen molar-refractivity contribution in [2.24, 2.45) is 0 Å². The zero-order chi connectivity index (χ0) is 19.2. The highest BCUT2D eigenvalue weighted by molar-refractivity contribution is 9.10. The SMILES string of the molecule is O=C(Nc1ccc(Br)cc1)C(=Cc1ccco1)NC(=O)c1ccc(Cl)cc1. The van der Waals surface area contributed by atoms with Gasteiger partial charge in [-0.1, -0.05) is 27.5 Å². The molecule has 0 aliphatic heterocycles. The molecule has 1 heterocycles. The summed E-state index contributed by atoms with van der Waals surface area (Å²) in [5, 5.41) is 5.88. The molecule has 2 N–H and O–H groups in total. The Morgan fingerprint density at radius 3 is 2.33 bits per heavy atom. The molecule has 0 aliphatic carbocycles. The molecule has 2 amide bonds. The summed E-state index contributed by atoms with van der Waals surface area (Å²) in [6.45, 7) is 0. The number of furan rings is 1. The molecule has 0 radical (unpaired) electrons. The minimum atomic E-state index is -0.476. The van der Waals surface area contributed by atoms with Gasteiger partial charge in [0.15, 0.2) is 0 Å². The number of rotatable bonds is 5. The number of amides is 2. The Morgan fingerprint density at radius 2 is 1.70 bits per heavy atom. The second-order valence-corrected chi connectivity index (χ2v) is 6.85. The molecule has 0 saturated heterocycles. The molecule has 0 unspecified atom stereocenters. The average molecular weight is 446 g/mol. The maximum atomic E-state index is 12.7. The van der Waals surface area contributed by atoms with Crippen LogP contribution in [0, 0.1) is 0 Å². The van der Waals surface area contributed by atoms with Gasteiger partial charge in [-0.3, -0.25) is 9.59 Å². The standard InChI is InChI=1S/C20H14BrClN2O3/c21-14-5-9-16(10-6-14)23-20(26)18(12-17-2-1-11-27-17)24-19(25)13-3-7-15(22)8-4-13/h1-12H,(H,23,26)(H,24,25). The molecule has 0 aliphatic rings. The third-order valence-corrected chi connectivity index (χ3v) is 4.31. The number of carbonyl (C=O) groups is 2. The van der Waals surface area contributed by atoms with E-state index in [2.05, 4.69) is 26.6 Å². The van der Waals surface area contributed by atoms with E-state index in [1.54, 1.807) is 60.7 Å². The van der Waals surface area contributed by atoms with Crippen molar-refractivity contribution < 1.29 is 14.0 Å². The molecular weight excluding hydrogens is 432 g/mol. The summed E-state index contributed by atoms with van der Waals surface area (Å²) >= 11 is 9.19. The molecule has 7 heteroatoms. The van der Waals surface area contributed by atoms with E-state index in [1.165, 1.54) is 12.3 Å². The number of nitrogens with one attached hydrogen (secondary N) is 2. The average Bonchev–Trinajstić information content (AvgIpc) is 3.16. The molecule has 0 fully saturated rings. The fourth-order valence-electron chi connectivity index (χ4n) is 2.20. The van der Waals surface area contributed by atoms with Gasteiger partial charge in [-0.2, -0.15) is 0 Å². The van der Waals surface area contributed by atoms with E-state index in [1.807, 2.05) is 0 Å². The van der Waals surface area contributed by atoms with Gasteiger partial charge in [0.2, 0.25) is 0 Å². The Balaban J connectivity index is 1.82. The largest absolute Gasteiger partial charge is 0.465 e. The number of hydrogen-bond acceptors (Lipinski definition) is 3. The van der Waals surface area contributed by atoms with Crippen molar-refractivity contribution in [3.63, 3.8) is 0 Å². The summed E-state index contributed by atoms with van der Waals surface area (Å²) < 4.78 is 6.14. The smallest absolute Gasteiger partial charge is 0.272 e. The topological polar surface area (TPSA) is 71.3 Å². The number of halogens is 2. The van der Waals surface area contributed by atoms with Crippen LogP contribution in [0.1, 0.15) is 16.1 Å². The monoisotopic (exact) mass is 444 g/mol. The third-order valence-electron chi connectivity index (χ3n) is 3.53. The lowest BCUT2D eigenvalue weighted by atomic mass is 10.2. The van der Waals surface area contributed by atoms with Crippen LogP contribution in [-0.2, 0) is 4.79 Å². The first kappa shape index (κ1) is 18.9. The Hall–Kier alpha value is -2.83. The van der Waals surface area contributed by atoms with Crippen LogP contribution >= 0.6 is 27.5 Å². The molecule has 5 nitrogen and oxygen atoms in total. The van der Waals surface area contributed by atoms with Crippen molar-refractivity contribution in [2.45, 2.75) is 0 Å². The number of carbonyl (C=O) groups excluding carboxylic acids is 2. The fraction of sp³-hybridized carbons (Fsp3) is 0. The van der Waals surface area contributed by atoms with E-state index in [4.69, 9.17) is 16.0 Å². The first-order valence-corrected chi connectivity index (χ1v) is 9.07. The van der Waals surface area contributed by atoms with E-state index in [0.29, 0.717) is 22.0 Å². The minimum Gasteiger partial charge on any atom is -0.465 e. The molecule has 3 aromatic rings. The van der Waals surface area contributed by atoms with Crippen molar-refractivity contribution in [3.05, 3.63) is 93.4 Å². The van der Waals surface area contributed by atoms with E-state index < -0.39 is 11.8 Å². The van der Waals surface area contributed by atoms with Crippen molar-refractivity contribution in [3.8, 4) is 0 Å². The van der Waals surface area contributed by atoms with Crippen LogP contribution in [0.15, 0.2) is 81.5 Å². The molecule has 0 saturated carbocycles. The van der Waals surface area contributed by atoms with Crippen molar-refractivity contribution >= 4 is 51.1 Å². The molecule has 27 heavy (non-hydrogen) atoms. The molecule has 1 aromatic heterocycles. The lowest BCUT2D eigenvalue weighted by molar-refractivity contribution is -0.113. The van der Waals surface area contributed by atoms with Gasteiger partial charge in [0.25, 0.3) is 11.8 Å². The zero-order valence-corrected chi connectivity index (χ0v) is 16.3. The lowest BCUT2D eigenvalue weighted by Gasteiger charge is -2.11. The number of benzene rings is 2. The summed E-state index contributed by atoms with van der Waals surface area (Å²) in [6.07, 6.45) is 2.94. The van der Waals surface area contributed by atoms with E-state index in [-0.39, 0.29) is 5.70 Å². The van der Waals surface area contributed by atoms with Gasteiger partial charge in [0.05, 0.1) is 6.26 Å². The molecule has 3 rings (SSSR count). The Bertz CT molecular complexity index is 965. The molecular formula is C20H14BrClN2O3. The van der Waals surface area contributed by atoms with Crippen LogP contribution in [0.25, 0.3) is 6.08 Å². The highest BCUT2D eigenvalue weighted by Gasteiger charge is 2.15. The predicted molar refractivity (Wildman–Crippen MR) is 108 cm³/mol. The van der Waals surface area contributed by atoms with Gasteiger partial charge in [0, 0.05) is 26.8 Å². The quantitative estimate of drug-likeness (QED) is 0.536. The third kappa shape index (κ3) is 5.32. The summed E-state index contributed by atoms with van der Waals surface area (Å²) in [6, 6.07) is 16.8. The molecule has 0 atom stereocenters. The van der Waals surface area contributed by atoms with E-state index in [0.717, 1.165) is 4.47 Å². The van der Waals surface area contributed by atoms with Gasteiger partial charge >= 0.3 is 0 Å². The predicted octanol–water partition coefficient (Wildman–Crippen LogP) is 5.11. The number of hydrogen-bond donors (Lipinski definition) is 2. The number of anilines is 1. The Morgan fingerprint density at radius 1 is 1.00 bits per heavy atom. The van der Waals surface area contributed by atoms with E-state index >= 15 is 0 Å². The lowest BCUT2D eigenvalue weighted by Crippen LogP contribution is -2.30. The fourth-order valence-corrected chi connectivity index (χ4v) is 2.59. The van der Waals surface area contributed by atoms with E-state index in [9.17, 15) is 9.59 Å². The highest BCUT2D eigenvalue weighted by atomic mass is 79.9. The molecule has 136 valence electrons. The van der Waals surface area contributed by atoms with Crippen LogP contribution < -0.4 is 10.6 Å². The molecule has 0 spiro atoms. The first-order valence-electron chi connectivity index (χ1n) is 7.90. The van der Waals surface area contributed by atoms with Crippen LogP contribution in [0.3, 0.4) is 0 Å². The second-order valence-electron chi connectivity index (χ2n) is 5.50. The summed E-state index contributed by atoms with van der Waals surface area (Å²) in [4.78, 5) is 25.2. The van der Waals surface area contributed by atoms with Crippen LogP contribution in [0.5, 0.6) is 0 Å². The van der Waals surface area contributed by atoms with Gasteiger partial charge in [0.1, 0.15) is 11.5 Å². The van der Waals surface area contributed by atoms with Gasteiger partial charge in [-0.05, 0) is 60.7 Å². The van der Waals surface area contributed by atoms with Crippen LogP contribution in [0.2, 0.25) is 5.02 Å². The highest BCUT2D eigenvalue weighted by Crippen LogP contribution is 2.16. The van der Waals surface area contributed by atoms with Gasteiger partial charge in [-0.25, -0.2) is 0 Å². The van der Waals surface area contributed by atoms with Crippen LogP contribution in [-0.4, -0.2) is 11.8 Å². The molecule has 0 bridgehead atoms. The first-order chi connectivity index (χ1) is 13.0. The second kappa shape index (κ2) is 8.70. The summed E-state index contributed by atoms with van der Waals surface area (Å²) in [5.74, 6) is -0.473. The van der Waals surface area contributed by atoms with Crippen molar-refractivity contribution in [2.75, 3.05) is 5.32 Å². The minimum absolute atomic E-state index is 0.0489. The Kier molecular flexibility index (Phi) is 6.11. The summed E-state index contributed by atoms with van der Waals surface area (Å²) in [5.41, 5.74) is 1.02. The normalized spacial score (nSPS) is 11.1. The molecule has 2 aromatic carbocycles. The maximum Gasteiger partial charge on any atom is 0.272 e. The van der Waals surface area contributed by atoms with Crippen molar-refractivity contribution in [1.29, 1.82) is 0 Å².